The van der Waals surface area contributed by atoms with Crippen LogP contribution in [0.5, 0.6) is 5.75 Å². The average Bonchev–Trinajstić information content (AvgIpc) is 2.56. The minimum atomic E-state index is -5.74. The van der Waals surface area contributed by atoms with Crippen LogP contribution in [-0.2, 0) is 19.6 Å². The van der Waals surface area contributed by atoms with Gasteiger partial charge in [0.2, 0.25) is 0 Å². The number of hydrogen-bond acceptors (Lipinski definition) is 5. The number of halogens is 3. The van der Waals surface area contributed by atoms with Crippen LogP contribution in [0, 0.1) is 5.92 Å². The van der Waals surface area contributed by atoms with Crippen LogP contribution >= 0.6 is 0 Å². The molecule has 0 unspecified atom stereocenters. The maximum atomic E-state index is 12.3. The highest BCUT2D eigenvalue weighted by Gasteiger charge is 2.48. The van der Waals surface area contributed by atoms with E-state index in [4.69, 9.17) is 4.74 Å². The quantitative estimate of drug-likeness (QED) is 0.341. The first-order valence-electron chi connectivity index (χ1n) is 7.17. The summed E-state index contributed by atoms with van der Waals surface area (Å²) in [6.07, 6.45) is 8.18. The molecule has 1 aliphatic carbocycles. The van der Waals surface area contributed by atoms with Crippen LogP contribution in [-0.4, -0.2) is 27.0 Å². The van der Waals surface area contributed by atoms with Crippen LogP contribution in [0.1, 0.15) is 17.9 Å². The van der Waals surface area contributed by atoms with Crippen LogP contribution in [0.4, 0.5) is 13.2 Å². The van der Waals surface area contributed by atoms with E-state index in [9.17, 15) is 26.4 Å². The lowest BCUT2D eigenvalue weighted by molar-refractivity contribution is -0.143. The number of ether oxygens (including phenoxy) is 1. The Hall–Kier alpha value is -2.29. The minimum Gasteiger partial charge on any atom is -0.469 e. The average molecular weight is 376 g/mol. The SMILES string of the molecule is COC(=O)[C@@H](c1ccc(OS(=O)(=O)C(F)(F)F)cc1)C1C=CCC=C1. The summed E-state index contributed by atoms with van der Waals surface area (Å²) >= 11 is 0. The molecule has 2 rings (SSSR count). The predicted octanol–water partition coefficient (Wildman–Crippen LogP) is 3.30. The second-order valence-corrected chi connectivity index (χ2v) is 6.76. The summed E-state index contributed by atoms with van der Waals surface area (Å²) in [7, 11) is -4.50. The topological polar surface area (TPSA) is 69.7 Å². The van der Waals surface area contributed by atoms with Gasteiger partial charge in [-0.2, -0.15) is 21.6 Å². The number of carbonyl (C=O) groups excluding carboxylic acids is 1. The van der Waals surface area contributed by atoms with E-state index in [-0.39, 0.29) is 5.92 Å². The van der Waals surface area contributed by atoms with Gasteiger partial charge >= 0.3 is 21.6 Å². The normalized spacial score (nSPS) is 16.5. The monoisotopic (exact) mass is 376 g/mol. The number of benzene rings is 1. The van der Waals surface area contributed by atoms with Crippen LogP contribution in [0.2, 0.25) is 0 Å². The van der Waals surface area contributed by atoms with Crippen molar-refractivity contribution in [1.29, 1.82) is 0 Å². The molecule has 1 aromatic carbocycles. The molecule has 5 nitrogen and oxygen atoms in total. The lowest BCUT2D eigenvalue weighted by Crippen LogP contribution is -2.28. The molecule has 0 spiro atoms. The molecular formula is C16H15F3O5S. The van der Waals surface area contributed by atoms with Crippen molar-refractivity contribution in [2.75, 3.05) is 7.11 Å². The molecule has 0 N–H and O–H groups in total. The number of hydrogen-bond donors (Lipinski definition) is 0. The Bertz CT molecular complexity index is 767. The Morgan fingerprint density at radius 3 is 2.20 bits per heavy atom. The second kappa shape index (κ2) is 7.30. The van der Waals surface area contributed by atoms with Gasteiger partial charge in [0, 0.05) is 5.92 Å². The van der Waals surface area contributed by atoms with E-state index in [1.807, 2.05) is 24.3 Å². The zero-order chi connectivity index (χ0) is 18.7. The van der Waals surface area contributed by atoms with Gasteiger partial charge in [0.15, 0.2) is 0 Å². The lowest BCUT2D eigenvalue weighted by Gasteiger charge is -2.22. The Labute approximate surface area is 142 Å². The van der Waals surface area contributed by atoms with Crippen LogP contribution in [0.25, 0.3) is 0 Å². The van der Waals surface area contributed by atoms with E-state index in [2.05, 4.69) is 4.18 Å². The Kier molecular flexibility index (Phi) is 5.56. The summed E-state index contributed by atoms with van der Waals surface area (Å²) in [5.74, 6) is -1.99. The summed E-state index contributed by atoms with van der Waals surface area (Å²) in [6.45, 7) is 0. The van der Waals surface area contributed by atoms with Crippen molar-refractivity contribution in [3.05, 3.63) is 54.1 Å². The van der Waals surface area contributed by atoms with Gasteiger partial charge in [0.1, 0.15) is 5.75 Å². The first-order chi connectivity index (χ1) is 11.7. The third-order valence-corrected chi connectivity index (χ3v) is 4.54. The summed E-state index contributed by atoms with van der Waals surface area (Å²) in [4.78, 5) is 12.1. The molecule has 1 aliphatic rings. The standard InChI is InChI=1S/C16H15F3O5S/c1-23-15(20)14(11-5-3-2-4-6-11)12-7-9-13(10-8-12)24-25(21,22)16(17,18)19/h3-11,14H,2H2,1H3/t14-/m1/s1. The van der Waals surface area contributed by atoms with Gasteiger partial charge < -0.3 is 8.92 Å². The molecule has 136 valence electrons. The predicted molar refractivity (Wildman–Crippen MR) is 83.2 cm³/mol. The fourth-order valence-electron chi connectivity index (χ4n) is 2.38. The summed E-state index contributed by atoms with van der Waals surface area (Å²) in [6, 6.07) is 4.79. The molecule has 0 radical (unpaired) electrons. The molecule has 0 heterocycles. The molecule has 9 heteroatoms. The van der Waals surface area contributed by atoms with Crippen LogP contribution in [0.3, 0.4) is 0 Å². The maximum Gasteiger partial charge on any atom is 0.534 e. The van der Waals surface area contributed by atoms with Gasteiger partial charge in [-0.1, -0.05) is 36.4 Å². The number of allylic oxidation sites excluding steroid dienone is 4. The van der Waals surface area contributed by atoms with E-state index < -0.39 is 33.3 Å². The highest BCUT2D eigenvalue weighted by Crippen LogP contribution is 2.32. The largest absolute Gasteiger partial charge is 0.534 e. The van der Waals surface area contributed by atoms with E-state index in [0.29, 0.717) is 5.56 Å². The highest BCUT2D eigenvalue weighted by molar-refractivity contribution is 7.88. The lowest BCUT2D eigenvalue weighted by atomic mass is 9.83. The molecule has 0 bridgehead atoms. The third-order valence-electron chi connectivity index (χ3n) is 3.56. The fourth-order valence-corrected chi connectivity index (χ4v) is 2.84. The Morgan fingerprint density at radius 2 is 1.72 bits per heavy atom. The molecule has 0 aliphatic heterocycles. The van der Waals surface area contributed by atoms with Crippen LogP contribution < -0.4 is 4.18 Å². The Morgan fingerprint density at radius 1 is 1.16 bits per heavy atom. The fraction of sp³-hybridized carbons (Fsp3) is 0.312. The number of carbonyl (C=O) groups is 1. The molecule has 1 atom stereocenters. The van der Waals surface area contributed by atoms with Gasteiger partial charge in [-0.3, -0.25) is 4.79 Å². The van der Waals surface area contributed by atoms with Crippen molar-refractivity contribution < 1.29 is 35.3 Å². The van der Waals surface area contributed by atoms with Gasteiger partial charge in [0.05, 0.1) is 13.0 Å². The molecule has 0 aromatic heterocycles. The zero-order valence-electron chi connectivity index (χ0n) is 13.1. The number of rotatable bonds is 5. The number of methoxy groups -OCH3 is 1. The van der Waals surface area contributed by atoms with Gasteiger partial charge in [0.25, 0.3) is 0 Å². The van der Waals surface area contributed by atoms with Crippen LogP contribution in [0.15, 0.2) is 48.6 Å². The van der Waals surface area contributed by atoms with Crippen molar-refractivity contribution in [1.82, 2.24) is 0 Å². The van der Waals surface area contributed by atoms with E-state index in [1.54, 1.807) is 0 Å². The third kappa shape index (κ3) is 4.41. The molecule has 25 heavy (non-hydrogen) atoms. The second-order valence-electron chi connectivity index (χ2n) is 5.22. The first-order valence-corrected chi connectivity index (χ1v) is 8.58. The van der Waals surface area contributed by atoms with Crippen molar-refractivity contribution in [2.45, 2.75) is 17.8 Å². The van der Waals surface area contributed by atoms with Gasteiger partial charge in [-0.05, 0) is 24.1 Å². The Balaban J connectivity index is 2.27. The van der Waals surface area contributed by atoms with Crippen molar-refractivity contribution >= 4 is 16.1 Å². The summed E-state index contributed by atoms with van der Waals surface area (Å²) < 4.78 is 67.8. The van der Waals surface area contributed by atoms with Gasteiger partial charge in [-0.25, -0.2) is 0 Å². The summed E-state index contributed by atoms with van der Waals surface area (Å²) in [5.41, 5.74) is -5.05. The smallest absolute Gasteiger partial charge is 0.469 e. The molecule has 1 aromatic rings. The molecular weight excluding hydrogens is 361 g/mol. The summed E-state index contributed by atoms with van der Waals surface area (Å²) in [5, 5.41) is 0. The van der Waals surface area contributed by atoms with E-state index in [1.165, 1.54) is 19.2 Å². The molecule has 0 saturated heterocycles. The van der Waals surface area contributed by atoms with E-state index in [0.717, 1.165) is 18.6 Å². The van der Waals surface area contributed by atoms with Crippen molar-refractivity contribution in [3.8, 4) is 5.75 Å². The molecule has 0 amide bonds. The van der Waals surface area contributed by atoms with Gasteiger partial charge in [-0.15, -0.1) is 0 Å². The first kappa shape index (κ1) is 19.0. The molecule has 0 saturated carbocycles. The number of esters is 1. The van der Waals surface area contributed by atoms with E-state index >= 15 is 0 Å². The molecule has 0 fully saturated rings. The maximum absolute atomic E-state index is 12.3. The van der Waals surface area contributed by atoms with Crippen molar-refractivity contribution in [2.24, 2.45) is 5.92 Å². The zero-order valence-corrected chi connectivity index (χ0v) is 13.9. The van der Waals surface area contributed by atoms with Crippen molar-refractivity contribution in [3.63, 3.8) is 0 Å². The minimum absolute atomic E-state index is 0.271. The number of alkyl halides is 3. The highest BCUT2D eigenvalue weighted by atomic mass is 32.2.